The molecule has 0 saturated heterocycles. The molecule has 2 aromatic heterocycles. The average Bonchev–Trinajstić information content (AvgIpc) is 3.64. The van der Waals surface area contributed by atoms with Crippen LogP contribution in [0.3, 0.4) is 0 Å². The monoisotopic (exact) mass is 600 g/mol. The van der Waals surface area contributed by atoms with Crippen LogP contribution < -0.4 is 25.9 Å². The van der Waals surface area contributed by atoms with E-state index < -0.39 is 0 Å². The third kappa shape index (κ3) is 3.38. The number of para-hydroxylation sites is 4. The smallest absolute Gasteiger partial charge is 0.260 e. The molecule has 7 aromatic carbocycles. The van der Waals surface area contributed by atoms with Gasteiger partial charge in [-0.3, -0.25) is 0 Å². The number of ether oxygens (including phenoxy) is 2. The van der Waals surface area contributed by atoms with Crippen molar-refractivity contribution in [3.8, 4) is 34.4 Å². The molecule has 0 radical (unpaired) electrons. The van der Waals surface area contributed by atoms with E-state index in [1.54, 1.807) is 0 Å². The van der Waals surface area contributed by atoms with Crippen molar-refractivity contribution in [3.63, 3.8) is 0 Å². The predicted molar refractivity (Wildman–Crippen MR) is 193 cm³/mol. The van der Waals surface area contributed by atoms with Gasteiger partial charge in [0.2, 0.25) is 0 Å². The maximum atomic E-state index is 6.61. The SMILES string of the molecule is c1cc2c3c(c1)Oc1ccc(-n4c5ccccc5c5ccccc54)cc1B3c1cc(-n3c4ccccc4c4ccccc43)ccc1O2. The van der Waals surface area contributed by atoms with E-state index in [9.17, 15) is 0 Å². The molecule has 0 spiro atoms. The van der Waals surface area contributed by atoms with Crippen molar-refractivity contribution < 1.29 is 9.47 Å². The molecule has 2 aliphatic heterocycles. The van der Waals surface area contributed by atoms with Crippen LogP contribution in [0.25, 0.3) is 55.0 Å². The zero-order valence-electron chi connectivity index (χ0n) is 25.2. The van der Waals surface area contributed by atoms with E-state index in [-0.39, 0.29) is 6.71 Å². The van der Waals surface area contributed by atoms with Crippen molar-refractivity contribution in [2.24, 2.45) is 0 Å². The Morgan fingerprint density at radius 2 is 0.745 bits per heavy atom. The van der Waals surface area contributed by atoms with Gasteiger partial charge >= 0.3 is 0 Å². The summed E-state index contributed by atoms with van der Waals surface area (Å²) < 4.78 is 18.0. The molecule has 11 rings (SSSR count). The summed E-state index contributed by atoms with van der Waals surface area (Å²) >= 11 is 0. The van der Waals surface area contributed by atoms with E-state index >= 15 is 0 Å². The minimum atomic E-state index is -0.0604. The maximum Gasteiger partial charge on any atom is 0.260 e. The Labute approximate surface area is 270 Å². The molecule has 0 aliphatic carbocycles. The number of aromatic nitrogens is 2. The highest BCUT2D eigenvalue weighted by Crippen LogP contribution is 2.38. The quantitative estimate of drug-likeness (QED) is 0.186. The predicted octanol–water partition coefficient (Wildman–Crippen LogP) is 8.61. The van der Waals surface area contributed by atoms with Crippen LogP contribution in [0.1, 0.15) is 0 Å². The number of hydrogen-bond acceptors (Lipinski definition) is 2. The Morgan fingerprint density at radius 3 is 1.15 bits per heavy atom. The molecule has 0 atom stereocenters. The van der Waals surface area contributed by atoms with Crippen molar-refractivity contribution in [2.75, 3.05) is 0 Å². The van der Waals surface area contributed by atoms with E-state index in [0.29, 0.717) is 0 Å². The van der Waals surface area contributed by atoms with Crippen LogP contribution in [0.15, 0.2) is 152 Å². The summed E-state index contributed by atoms with van der Waals surface area (Å²) in [7, 11) is 0. The normalized spacial score (nSPS) is 13.0. The van der Waals surface area contributed by atoms with Crippen LogP contribution in [-0.2, 0) is 0 Å². The number of rotatable bonds is 2. The summed E-state index contributed by atoms with van der Waals surface area (Å²) in [6, 6.07) is 54.0. The highest BCUT2D eigenvalue weighted by atomic mass is 16.5. The Hall–Kier alpha value is -6.20. The van der Waals surface area contributed by atoms with E-state index in [4.69, 9.17) is 9.47 Å². The first-order valence-corrected chi connectivity index (χ1v) is 16.1. The zero-order chi connectivity index (χ0) is 30.6. The summed E-state index contributed by atoms with van der Waals surface area (Å²) in [5.41, 5.74) is 10.3. The number of fused-ring (bicyclic) bond motifs is 10. The van der Waals surface area contributed by atoms with Crippen LogP contribution in [0.5, 0.6) is 23.0 Å². The van der Waals surface area contributed by atoms with Crippen LogP contribution in [0, 0.1) is 0 Å². The molecule has 0 N–H and O–H groups in total. The highest BCUT2D eigenvalue weighted by Gasteiger charge is 2.40. The van der Waals surface area contributed by atoms with Gasteiger partial charge in [0, 0.05) is 38.4 Å². The lowest BCUT2D eigenvalue weighted by Gasteiger charge is -2.33. The van der Waals surface area contributed by atoms with E-state index in [0.717, 1.165) is 50.8 Å². The van der Waals surface area contributed by atoms with Crippen LogP contribution >= 0.6 is 0 Å². The lowest BCUT2D eigenvalue weighted by molar-refractivity contribution is 0.464. The Balaban J connectivity index is 1.17. The number of benzene rings is 7. The lowest BCUT2D eigenvalue weighted by atomic mass is 9.35. The molecule has 9 aromatic rings. The fourth-order valence-electron chi connectivity index (χ4n) is 8.09. The van der Waals surface area contributed by atoms with Gasteiger partial charge in [-0.1, -0.05) is 78.9 Å². The first-order chi connectivity index (χ1) is 23.3. The van der Waals surface area contributed by atoms with Crippen LogP contribution in [-0.4, -0.2) is 15.8 Å². The minimum Gasteiger partial charge on any atom is -0.458 e. The van der Waals surface area contributed by atoms with Crippen LogP contribution in [0.4, 0.5) is 0 Å². The Morgan fingerprint density at radius 1 is 0.362 bits per heavy atom. The molecule has 4 heterocycles. The standard InChI is InChI=1S/C42H25BN2O2/c1-5-14-34-28(10-1)29-11-2-6-15-35(29)44(34)26-20-22-38-32(24-26)43-33-25-27(21-23-39(33)47-41-19-9-18-40(46-38)42(41)43)45-36-16-7-3-12-30(36)31-13-4-8-17-37(31)45/h1-25H. The molecule has 0 fully saturated rings. The highest BCUT2D eigenvalue weighted by molar-refractivity contribution is 6.98. The molecule has 0 unspecified atom stereocenters. The van der Waals surface area contributed by atoms with Crippen molar-refractivity contribution >= 4 is 66.7 Å². The van der Waals surface area contributed by atoms with Gasteiger partial charge in [-0.2, -0.15) is 0 Å². The average molecular weight is 600 g/mol. The van der Waals surface area contributed by atoms with E-state index in [1.807, 2.05) is 6.07 Å². The minimum absolute atomic E-state index is 0.0604. The second kappa shape index (κ2) is 9.18. The molecule has 0 bridgehead atoms. The van der Waals surface area contributed by atoms with Crippen molar-refractivity contribution in [1.29, 1.82) is 0 Å². The summed E-state index contributed by atoms with van der Waals surface area (Å²) in [4.78, 5) is 0. The van der Waals surface area contributed by atoms with Crippen LogP contribution in [0.2, 0.25) is 0 Å². The number of nitrogens with zero attached hydrogens (tertiary/aromatic N) is 2. The topological polar surface area (TPSA) is 28.3 Å². The maximum absolute atomic E-state index is 6.61. The van der Waals surface area contributed by atoms with Crippen molar-refractivity contribution in [2.45, 2.75) is 0 Å². The largest absolute Gasteiger partial charge is 0.458 e. The molecule has 0 amide bonds. The van der Waals surface area contributed by atoms with Gasteiger partial charge < -0.3 is 18.6 Å². The number of hydrogen-bond donors (Lipinski definition) is 0. The van der Waals surface area contributed by atoms with Gasteiger partial charge in [-0.25, -0.2) is 0 Å². The van der Waals surface area contributed by atoms with Gasteiger partial charge in [-0.15, -0.1) is 0 Å². The third-order valence-electron chi connectivity index (χ3n) is 10.0. The summed E-state index contributed by atoms with van der Waals surface area (Å²) in [6.45, 7) is -0.0604. The van der Waals surface area contributed by atoms with E-state index in [1.165, 1.54) is 43.6 Å². The second-order valence-electron chi connectivity index (χ2n) is 12.5. The second-order valence-corrected chi connectivity index (χ2v) is 12.5. The van der Waals surface area contributed by atoms with Gasteiger partial charge in [0.05, 0.1) is 22.1 Å². The summed E-state index contributed by atoms with van der Waals surface area (Å²) in [5.74, 6) is 3.44. The van der Waals surface area contributed by atoms with Gasteiger partial charge in [0.1, 0.15) is 23.0 Å². The molecular formula is C42H25BN2O2. The molecule has 2 aliphatic rings. The molecular weight excluding hydrogens is 575 g/mol. The van der Waals surface area contributed by atoms with Gasteiger partial charge in [0.15, 0.2) is 0 Å². The lowest BCUT2D eigenvalue weighted by Crippen LogP contribution is -2.57. The fourth-order valence-corrected chi connectivity index (χ4v) is 8.09. The first-order valence-electron chi connectivity index (χ1n) is 16.1. The summed E-state index contributed by atoms with van der Waals surface area (Å²) in [6.07, 6.45) is 0. The van der Waals surface area contributed by atoms with E-state index in [2.05, 4.69) is 155 Å². The Kier molecular flexibility index (Phi) is 4.89. The third-order valence-corrected chi connectivity index (χ3v) is 10.0. The first kappa shape index (κ1) is 25.0. The zero-order valence-corrected chi connectivity index (χ0v) is 25.2. The molecule has 4 nitrogen and oxygen atoms in total. The fraction of sp³-hybridized carbons (Fsp3) is 0. The van der Waals surface area contributed by atoms with Crippen molar-refractivity contribution in [1.82, 2.24) is 9.13 Å². The molecule has 5 heteroatoms. The molecule has 0 saturated carbocycles. The van der Waals surface area contributed by atoms with Crippen molar-refractivity contribution in [3.05, 3.63) is 152 Å². The molecule has 47 heavy (non-hydrogen) atoms. The molecule has 218 valence electrons. The summed E-state index contributed by atoms with van der Waals surface area (Å²) in [5, 5.41) is 4.99. The Bertz CT molecular complexity index is 2480. The van der Waals surface area contributed by atoms with Gasteiger partial charge in [-0.05, 0) is 83.7 Å². The van der Waals surface area contributed by atoms with Gasteiger partial charge in [0.25, 0.3) is 6.71 Å².